The summed E-state index contributed by atoms with van der Waals surface area (Å²) in [6.45, 7) is 1.90. The van der Waals surface area contributed by atoms with E-state index in [4.69, 9.17) is 23.1 Å². The lowest BCUT2D eigenvalue weighted by Crippen LogP contribution is -2.14. The molecule has 1 amide bonds. The number of anilines is 1. The zero-order valence-electron chi connectivity index (χ0n) is 7.30. The maximum absolute atomic E-state index is 11.0. The number of hydrogen-bond acceptors (Lipinski definition) is 2. The second-order valence-electron chi connectivity index (χ2n) is 2.71. The van der Waals surface area contributed by atoms with Gasteiger partial charge in [0, 0.05) is 5.56 Å². The van der Waals surface area contributed by atoms with Crippen LogP contribution in [0, 0.1) is 0 Å². The lowest BCUT2D eigenvalue weighted by molar-refractivity contribution is 0.0999. The minimum Gasteiger partial charge on any atom is -0.398 e. The van der Waals surface area contributed by atoms with Crippen LogP contribution in [-0.4, -0.2) is 5.91 Å². The minimum absolute atomic E-state index is 0.429. The van der Waals surface area contributed by atoms with Gasteiger partial charge in [-0.15, -0.1) is 0 Å². The van der Waals surface area contributed by atoms with E-state index in [1.807, 2.05) is 6.92 Å². The Hall–Kier alpha value is -1.22. The monoisotopic (exact) mass is 198 g/mol. The molecule has 0 bridgehead atoms. The first-order valence-electron chi connectivity index (χ1n) is 3.94. The normalized spacial score (nSPS) is 10.0. The summed E-state index contributed by atoms with van der Waals surface area (Å²) >= 11 is 5.91. The Morgan fingerprint density at radius 3 is 2.62 bits per heavy atom. The molecular formula is C9H11ClN2O. The van der Waals surface area contributed by atoms with Crippen LogP contribution in [0.5, 0.6) is 0 Å². The van der Waals surface area contributed by atoms with Crippen LogP contribution in [0.3, 0.4) is 0 Å². The molecule has 3 nitrogen and oxygen atoms in total. The van der Waals surface area contributed by atoms with Gasteiger partial charge in [0.25, 0.3) is 0 Å². The molecule has 0 atom stereocenters. The van der Waals surface area contributed by atoms with E-state index in [1.54, 1.807) is 12.1 Å². The molecule has 0 aliphatic heterocycles. The van der Waals surface area contributed by atoms with Crippen molar-refractivity contribution in [3.05, 3.63) is 28.3 Å². The van der Waals surface area contributed by atoms with Gasteiger partial charge in [-0.25, -0.2) is 0 Å². The van der Waals surface area contributed by atoms with Gasteiger partial charge < -0.3 is 11.5 Å². The van der Waals surface area contributed by atoms with Crippen LogP contribution in [0.4, 0.5) is 5.69 Å². The van der Waals surface area contributed by atoms with Crippen LogP contribution in [0.15, 0.2) is 12.1 Å². The Morgan fingerprint density at radius 1 is 1.54 bits per heavy atom. The van der Waals surface area contributed by atoms with Crippen molar-refractivity contribution in [3.63, 3.8) is 0 Å². The predicted molar refractivity (Wildman–Crippen MR) is 53.8 cm³/mol. The average Bonchev–Trinajstić information content (AvgIpc) is 2.09. The molecule has 1 aromatic rings. The third-order valence-corrected chi connectivity index (χ3v) is 2.34. The maximum Gasteiger partial charge on any atom is 0.249 e. The van der Waals surface area contributed by atoms with Crippen LogP contribution in [-0.2, 0) is 6.42 Å². The van der Waals surface area contributed by atoms with E-state index in [2.05, 4.69) is 0 Å². The number of primary amides is 1. The maximum atomic E-state index is 11.0. The topological polar surface area (TPSA) is 69.1 Å². The quantitative estimate of drug-likeness (QED) is 0.709. The lowest BCUT2D eigenvalue weighted by atomic mass is 10.0. The van der Waals surface area contributed by atoms with E-state index in [1.165, 1.54) is 0 Å². The van der Waals surface area contributed by atoms with Crippen LogP contribution >= 0.6 is 11.6 Å². The molecule has 4 N–H and O–H groups in total. The second-order valence-corrected chi connectivity index (χ2v) is 3.09. The molecule has 0 aliphatic carbocycles. The van der Waals surface area contributed by atoms with Crippen molar-refractivity contribution in [2.45, 2.75) is 13.3 Å². The number of carbonyl (C=O) groups is 1. The smallest absolute Gasteiger partial charge is 0.249 e. The van der Waals surface area contributed by atoms with Crippen molar-refractivity contribution in [2.24, 2.45) is 5.73 Å². The Balaban J connectivity index is 3.38. The SMILES string of the molecule is CCc1c(C(N)=O)ccc(N)c1Cl. The number of amides is 1. The highest BCUT2D eigenvalue weighted by Gasteiger charge is 2.11. The van der Waals surface area contributed by atoms with Crippen molar-refractivity contribution in [2.75, 3.05) is 5.73 Å². The Kier molecular flexibility index (Phi) is 2.78. The van der Waals surface area contributed by atoms with Gasteiger partial charge in [-0.2, -0.15) is 0 Å². The van der Waals surface area contributed by atoms with E-state index < -0.39 is 5.91 Å². The summed E-state index contributed by atoms with van der Waals surface area (Å²) in [6.07, 6.45) is 0.641. The molecule has 0 saturated carbocycles. The van der Waals surface area contributed by atoms with Crippen molar-refractivity contribution >= 4 is 23.2 Å². The summed E-state index contributed by atoms with van der Waals surface area (Å²) in [5.41, 5.74) is 12.4. The number of nitrogen functional groups attached to an aromatic ring is 1. The fraction of sp³-hybridized carbons (Fsp3) is 0.222. The summed E-state index contributed by atoms with van der Waals surface area (Å²) < 4.78 is 0. The Labute approximate surface area is 81.7 Å². The standard InChI is InChI=1S/C9H11ClN2O/c1-2-5-6(9(12)13)3-4-7(11)8(5)10/h3-4H,2,11H2,1H3,(H2,12,13). The largest absolute Gasteiger partial charge is 0.398 e. The number of carbonyl (C=O) groups excluding carboxylic acids is 1. The highest BCUT2D eigenvalue weighted by molar-refractivity contribution is 6.34. The van der Waals surface area contributed by atoms with Gasteiger partial charge in [0.15, 0.2) is 0 Å². The molecule has 0 unspecified atom stereocenters. The summed E-state index contributed by atoms with van der Waals surface area (Å²) in [6, 6.07) is 3.18. The molecule has 0 saturated heterocycles. The van der Waals surface area contributed by atoms with Crippen molar-refractivity contribution in [3.8, 4) is 0 Å². The van der Waals surface area contributed by atoms with Gasteiger partial charge in [-0.3, -0.25) is 4.79 Å². The van der Waals surface area contributed by atoms with E-state index >= 15 is 0 Å². The van der Waals surface area contributed by atoms with Gasteiger partial charge in [0.05, 0.1) is 10.7 Å². The first-order valence-corrected chi connectivity index (χ1v) is 4.32. The van der Waals surface area contributed by atoms with Gasteiger partial charge in [0.1, 0.15) is 0 Å². The number of benzene rings is 1. The Bertz CT molecular complexity index is 350. The summed E-state index contributed by atoms with van der Waals surface area (Å²) in [5.74, 6) is -0.473. The number of nitrogens with two attached hydrogens (primary N) is 2. The summed E-state index contributed by atoms with van der Waals surface area (Å²) in [5, 5.41) is 0.429. The first kappa shape index (κ1) is 9.86. The van der Waals surface area contributed by atoms with Gasteiger partial charge in [-0.05, 0) is 24.1 Å². The van der Waals surface area contributed by atoms with Crippen LogP contribution in [0.2, 0.25) is 5.02 Å². The van der Waals surface area contributed by atoms with Crippen LogP contribution < -0.4 is 11.5 Å². The fourth-order valence-electron chi connectivity index (χ4n) is 1.22. The third-order valence-electron chi connectivity index (χ3n) is 1.89. The summed E-state index contributed by atoms with van der Waals surface area (Å²) in [7, 11) is 0. The third kappa shape index (κ3) is 1.75. The van der Waals surface area contributed by atoms with E-state index in [0.29, 0.717) is 28.3 Å². The predicted octanol–water partition coefficient (Wildman–Crippen LogP) is 1.58. The van der Waals surface area contributed by atoms with Crippen molar-refractivity contribution in [1.29, 1.82) is 0 Å². The minimum atomic E-state index is -0.473. The van der Waals surface area contributed by atoms with E-state index in [9.17, 15) is 4.79 Å². The Morgan fingerprint density at radius 2 is 2.15 bits per heavy atom. The number of hydrogen-bond donors (Lipinski definition) is 2. The van der Waals surface area contributed by atoms with Gasteiger partial charge in [0.2, 0.25) is 5.91 Å². The van der Waals surface area contributed by atoms with Crippen LogP contribution in [0.25, 0.3) is 0 Å². The van der Waals surface area contributed by atoms with Crippen LogP contribution in [0.1, 0.15) is 22.8 Å². The zero-order valence-corrected chi connectivity index (χ0v) is 8.06. The van der Waals surface area contributed by atoms with Gasteiger partial charge >= 0.3 is 0 Å². The van der Waals surface area contributed by atoms with E-state index in [-0.39, 0.29) is 0 Å². The highest BCUT2D eigenvalue weighted by atomic mass is 35.5. The highest BCUT2D eigenvalue weighted by Crippen LogP contribution is 2.26. The molecule has 0 fully saturated rings. The molecule has 13 heavy (non-hydrogen) atoms. The summed E-state index contributed by atoms with van der Waals surface area (Å²) in [4.78, 5) is 11.0. The molecule has 70 valence electrons. The average molecular weight is 199 g/mol. The number of halogens is 1. The molecule has 4 heteroatoms. The molecule has 0 aromatic heterocycles. The molecule has 0 aliphatic rings. The van der Waals surface area contributed by atoms with Gasteiger partial charge in [-0.1, -0.05) is 18.5 Å². The lowest BCUT2D eigenvalue weighted by Gasteiger charge is -2.08. The first-order chi connectivity index (χ1) is 6.07. The number of rotatable bonds is 2. The molecular weight excluding hydrogens is 188 g/mol. The van der Waals surface area contributed by atoms with Crippen molar-refractivity contribution < 1.29 is 4.79 Å². The second kappa shape index (κ2) is 3.66. The van der Waals surface area contributed by atoms with E-state index in [0.717, 1.165) is 0 Å². The molecule has 0 radical (unpaired) electrons. The molecule has 0 heterocycles. The zero-order chi connectivity index (χ0) is 10.0. The fourth-order valence-corrected chi connectivity index (χ4v) is 1.51. The molecule has 1 rings (SSSR count). The molecule has 1 aromatic carbocycles. The molecule has 0 spiro atoms. The van der Waals surface area contributed by atoms with Crippen molar-refractivity contribution in [1.82, 2.24) is 0 Å².